The SMILES string of the molecule is Cc1cc(N2C(=O)OCC2[C@@H](C)O)nc(N[C@@H](C)c2nc(-c3ccc(Cl)cc3)no2)n1. The Bertz CT molecular complexity index is 1090. The second-order valence-electron chi connectivity index (χ2n) is 7.28. The van der Waals surface area contributed by atoms with Gasteiger partial charge in [0, 0.05) is 22.3 Å². The number of amides is 1. The van der Waals surface area contributed by atoms with Gasteiger partial charge in [0.1, 0.15) is 24.5 Å². The first-order chi connectivity index (χ1) is 14.8. The number of nitrogens with zero attached hydrogens (tertiary/aromatic N) is 5. The lowest BCUT2D eigenvalue weighted by molar-refractivity contribution is 0.142. The molecule has 3 heterocycles. The number of aryl methyl sites for hydroxylation is 1. The molecule has 1 fully saturated rings. The molecule has 3 aromatic rings. The molecule has 1 unspecified atom stereocenters. The summed E-state index contributed by atoms with van der Waals surface area (Å²) >= 11 is 5.92. The number of aromatic nitrogens is 4. The number of hydrogen-bond donors (Lipinski definition) is 2. The number of benzene rings is 1. The van der Waals surface area contributed by atoms with E-state index in [1.165, 1.54) is 4.90 Å². The molecule has 0 spiro atoms. The Morgan fingerprint density at radius 2 is 1.97 bits per heavy atom. The molecule has 31 heavy (non-hydrogen) atoms. The number of hydrogen-bond acceptors (Lipinski definition) is 9. The second-order valence-corrected chi connectivity index (χ2v) is 7.71. The van der Waals surface area contributed by atoms with Gasteiger partial charge in [-0.05, 0) is 45.0 Å². The first-order valence-electron chi connectivity index (χ1n) is 9.67. The van der Waals surface area contributed by atoms with Crippen LogP contribution in [0.25, 0.3) is 11.4 Å². The van der Waals surface area contributed by atoms with E-state index in [-0.39, 0.29) is 12.6 Å². The van der Waals surface area contributed by atoms with E-state index in [4.69, 9.17) is 20.9 Å². The minimum absolute atomic E-state index is 0.0914. The summed E-state index contributed by atoms with van der Waals surface area (Å²) in [6.45, 7) is 5.30. The van der Waals surface area contributed by atoms with Crippen LogP contribution in [0.5, 0.6) is 0 Å². The summed E-state index contributed by atoms with van der Waals surface area (Å²) in [4.78, 5) is 26.7. The van der Waals surface area contributed by atoms with Crippen molar-refractivity contribution in [3.63, 3.8) is 0 Å². The van der Waals surface area contributed by atoms with E-state index in [0.29, 0.717) is 28.2 Å². The van der Waals surface area contributed by atoms with E-state index >= 15 is 0 Å². The van der Waals surface area contributed by atoms with Crippen molar-refractivity contribution in [1.82, 2.24) is 20.1 Å². The minimum Gasteiger partial charge on any atom is -0.447 e. The first kappa shape index (κ1) is 21.0. The number of aliphatic hydroxyl groups excluding tert-OH is 1. The molecule has 2 N–H and O–H groups in total. The third-order valence-electron chi connectivity index (χ3n) is 4.81. The van der Waals surface area contributed by atoms with Crippen molar-refractivity contribution in [2.24, 2.45) is 0 Å². The van der Waals surface area contributed by atoms with Gasteiger partial charge in [-0.15, -0.1) is 0 Å². The van der Waals surface area contributed by atoms with E-state index in [0.717, 1.165) is 5.56 Å². The van der Waals surface area contributed by atoms with Gasteiger partial charge in [-0.2, -0.15) is 9.97 Å². The molecule has 10 nitrogen and oxygen atoms in total. The van der Waals surface area contributed by atoms with Gasteiger partial charge in [0.25, 0.3) is 0 Å². The molecule has 1 aromatic carbocycles. The minimum atomic E-state index is -0.776. The van der Waals surface area contributed by atoms with E-state index in [1.807, 2.05) is 6.92 Å². The summed E-state index contributed by atoms with van der Waals surface area (Å²) in [6.07, 6.45) is -1.34. The largest absolute Gasteiger partial charge is 0.447 e. The lowest BCUT2D eigenvalue weighted by Crippen LogP contribution is -2.41. The number of ether oxygens (including phenoxy) is 1. The summed E-state index contributed by atoms with van der Waals surface area (Å²) in [5, 5.41) is 17.7. The van der Waals surface area contributed by atoms with Crippen LogP contribution in [0.15, 0.2) is 34.9 Å². The summed E-state index contributed by atoms with van der Waals surface area (Å²) < 4.78 is 10.5. The molecule has 0 aliphatic carbocycles. The molecule has 162 valence electrons. The molecule has 1 aliphatic rings. The van der Waals surface area contributed by atoms with Crippen LogP contribution < -0.4 is 10.2 Å². The number of cyclic esters (lactones) is 1. The summed E-state index contributed by atoms with van der Waals surface area (Å²) in [5.74, 6) is 1.39. The van der Waals surface area contributed by atoms with Gasteiger partial charge in [-0.25, -0.2) is 9.78 Å². The van der Waals surface area contributed by atoms with E-state index < -0.39 is 24.3 Å². The lowest BCUT2D eigenvalue weighted by Gasteiger charge is -2.23. The topological polar surface area (TPSA) is 126 Å². The van der Waals surface area contributed by atoms with Crippen LogP contribution in [0.2, 0.25) is 5.02 Å². The number of aliphatic hydroxyl groups is 1. The quantitative estimate of drug-likeness (QED) is 0.588. The third-order valence-corrected chi connectivity index (χ3v) is 5.06. The molecule has 3 atom stereocenters. The van der Waals surface area contributed by atoms with Gasteiger partial charge < -0.3 is 19.7 Å². The highest BCUT2D eigenvalue weighted by Gasteiger charge is 2.38. The monoisotopic (exact) mass is 444 g/mol. The second kappa shape index (κ2) is 8.48. The van der Waals surface area contributed by atoms with Gasteiger partial charge in [0.2, 0.25) is 17.7 Å². The lowest BCUT2D eigenvalue weighted by atomic mass is 10.2. The molecular weight excluding hydrogens is 424 g/mol. The van der Waals surface area contributed by atoms with E-state index in [2.05, 4.69) is 25.4 Å². The molecule has 4 rings (SSSR count). The zero-order valence-electron chi connectivity index (χ0n) is 17.1. The Morgan fingerprint density at radius 3 is 2.68 bits per heavy atom. The van der Waals surface area contributed by atoms with Crippen LogP contribution in [-0.4, -0.2) is 50.1 Å². The zero-order chi connectivity index (χ0) is 22.1. The van der Waals surface area contributed by atoms with Crippen LogP contribution in [0.3, 0.4) is 0 Å². The predicted octanol–water partition coefficient (Wildman–Crippen LogP) is 3.37. The average molecular weight is 445 g/mol. The molecule has 11 heteroatoms. The highest BCUT2D eigenvalue weighted by Crippen LogP contribution is 2.26. The molecule has 2 aromatic heterocycles. The smallest absolute Gasteiger partial charge is 0.416 e. The fourth-order valence-electron chi connectivity index (χ4n) is 3.18. The van der Waals surface area contributed by atoms with Crippen LogP contribution >= 0.6 is 11.6 Å². The number of carbonyl (C=O) groups excluding carboxylic acids is 1. The maximum atomic E-state index is 12.2. The van der Waals surface area contributed by atoms with Crippen molar-refractivity contribution < 1.29 is 19.2 Å². The molecule has 0 radical (unpaired) electrons. The fraction of sp³-hybridized carbons (Fsp3) is 0.350. The van der Waals surface area contributed by atoms with Crippen LogP contribution in [0, 0.1) is 6.92 Å². The van der Waals surface area contributed by atoms with Crippen LogP contribution in [-0.2, 0) is 4.74 Å². The third kappa shape index (κ3) is 4.44. The Balaban J connectivity index is 1.54. The Hall–Kier alpha value is -3.24. The standard InChI is InChI=1S/C20H21ClN6O4/c1-10-8-16(27-15(12(3)28)9-30-20(27)29)24-19(22-10)23-11(2)18-25-17(26-31-18)13-4-6-14(21)7-5-13/h4-8,11-12,15,28H,9H2,1-3H3,(H,22,23,24)/t11-,12+,15?/m0/s1. The molecule has 1 amide bonds. The fourth-order valence-corrected chi connectivity index (χ4v) is 3.30. The van der Waals surface area contributed by atoms with E-state index in [9.17, 15) is 9.90 Å². The van der Waals surface area contributed by atoms with Gasteiger partial charge in [-0.1, -0.05) is 16.8 Å². The Labute approximate surface area is 183 Å². The summed E-state index contributed by atoms with van der Waals surface area (Å²) in [7, 11) is 0. The highest BCUT2D eigenvalue weighted by molar-refractivity contribution is 6.30. The van der Waals surface area contributed by atoms with Crippen molar-refractivity contribution >= 4 is 29.5 Å². The van der Waals surface area contributed by atoms with Gasteiger partial charge in [-0.3, -0.25) is 4.90 Å². The molecule has 0 bridgehead atoms. The Kier molecular flexibility index (Phi) is 5.75. The number of anilines is 2. The predicted molar refractivity (Wildman–Crippen MR) is 113 cm³/mol. The zero-order valence-corrected chi connectivity index (χ0v) is 17.9. The van der Waals surface area contributed by atoms with E-state index in [1.54, 1.807) is 44.2 Å². The van der Waals surface area contributed by atoms with Gasteiger partial charge in [0.05, 0.1) is 6.10 Å². The average Bonchev–Trinajstić information content (AvgIpc) is 3.35. The van der Waals surface area contributed by atoms with Gasteiger partial charge in [0.15, 0.2) is 0 Å². The highest BCUT2D eigenvalue weighted by atomic mass is 35.5. The maximum Gasteiger partial charge on any atom is 0.416 e. The van der Waals surface area contributed by atoms with Crippen molar-refractivity contribution in [3.8, 4) is 11.4 Å². The molecule has 1 saturated heterocycles. The van der Waals surface area contributed by atoms with Crippen LogP contribution in [0.4, 0.5) is 16.6 Å². The van der Waals surface area contributed by atoms with Crippen molar-refractivity contribution in [2.75, 3.05) is 16.8 Å². The number of halogens is 1. The van der Waals surface area contributed by atoms with Crippen molar-refractivity contribution in [2.45, 2.75) is 39.0 Å². The van der Waals surface area contributed by atoms with Crippen molar-refractivity contribution in [1.29, 1.82) is 0 Å². The maximum absolute atomic E-state index is 12.2. The number of rotatable bonds is 6. The molecule has 1 aliphatic heterocycles. The van der Waals surface area contributed by atoms with Crippen LogP contribution in [0.1, 0.15) is 31.5 Å². The first-order valence-corrected chi connectivity index (χ1v) is 10.1. The van der Waals surface area contributed by atoms with Gasteiger partial charge >= 0.3 is 6.09 Å². The normalized spacial score (nSPS) is 18.0. The molecular formula is C20H21ClN6O4. The Morgan fingerprint density at radius 1 is 1.23 bits per heavy atom. The summed E-state index contributed by atoms with van der Waals surface area (Å²) in [6, 6.07) is 7.84. The molecule has 0 saturated carbocycles. The number of nitrogens with one attached hydrogen (secondary N) is 1. The van der Waals surface area contributed by atoms with Crippen molar-refractivity contribution in [3.05, 3.63) is 46.9 Å². The number of carbonyl (C=O) groups is 1. The summed E-state index contributed by atoms with van der Waals surface area (Å²) in [5.41, 5.74) is 1.41.